The molecule has 0 aliphatic carbocycles. The number of hydrogen-bond acceptors (Lipinski definition) is 5. The Balaban J connectivity index is 1.52. The molecule has 0 unspecified atom stereocenters. The van der Waals surface area contributed by atoms with Crippen molar-refractivity contribution in [2.75, 3.05) is 0 Å². The standard InChI is InChI=1S/C25H30N6O/c1-5-6-7-8-15-31-19(3)25(27-29-31)21-12-10-14-23(17-21)32-22-13-9-11-20(16-22)24-18(2)30(4)28-26-24/h9-14,16-17H,5-8,15H2,1-4H3. The molecule has 4 rings (SSSR count). The quantitative estimate of drug-likeness (QED) is 0.317. The summed E-state index contributed by atoms with van der Waals surface area (Å²) < 4.78 is 9.95. The van der Waals surface area contributed by atoms with E-state index in [0.29, 0.717) is 0 Å². The van der Waals surface area contributed by atoms with E-state index in [1.54, 1.807) is 4.68 Å². The molecule has 7 nitrogen and oxygen atoms in total. The first kappa shape index (κ1) is 21.7. The van der Waals surface area contributed by atoms with Gasteiger partial charge in [0, 0.05) is 24.7 Å². The van der Waals surface area contributed by atoms with Gasteiger partial charge in [-0.05, 0) is 44.5 Å². The Morgan fingerprint density at radius 1 is 0.781 bits per heavy atom. The summed E-state index contributed by atoms with van der Waals surface area (Å²) in [5, 5.41) is 17.2. The van der Waals surface area contributed by atoms with Crippen LogP contribution < -0.4 is 4.74 Å². The largest absolute Gasteiger partial charge is 0.457 e. The monoisotopic (exact) mass is 430 g/mol. The van der Waals surface area contributed by atoms with Crippen molar-refractivity contribution in [1.82, 2.24) is 30.0 Å². The van der Waals surface area contributed by atoms with Gasteiger partial charge in [-0.2, -0.15) is 0 Å². The molecule has 4 aromatic rings. The summed E-state index contributed by atoms with van der Waals surface area (Å²) in [6.07, 6.45) is 4.84. The maximum Gasteiger partial charge on any atom is 0.128 e. The zero-order chi connectivity index (χ0) is 22.5. The molecule has 0 atom stereocenters. The lowest BCUT2D eigenvalue weighted by atomic mass is 10.1. The van der Waals surface area contributed by atoms with Crippen LogP contribution >= 0.6 is 0 Å². The van der Waals surface area contributed by atoms with Crippen LogP contribution in [0.2, 0.25) is 0 Å². The van der Waals surface area contributed by atoms with Crippen LogP contribution in [-0.4, -0.2) is 30.0 Å². The van der Waals surface area contributed by atoms with Gasteiger partial charge in [0.25, 0.3) is 0 Å². The molecule has 0 aliphatic rings. The van der Waals surface area contributed by atoms with E-state index < -0.39 is 0 Å². The number of ether oxygens (including phenoxy) is 1. The van der Waals surface area contributed by atoms with Crippen molar-refractivity contribution in [3.8, 4) is 34.0 Å². The fourth-order valence-electron chi connectivity index (χ4n) is 3.75. The van der Waals surface area contributed by atoms with Crippen LogP contribution in [0.15, 0.2) is 48.5 Å². The second-order valence-electron chi connectivity index (χ2n) is 8.11. The highest BCUT2D eigenvalue weighted by Gasteiger charge is 2.13. The third kappa shape index (κ3) is 4.72. The van der Waals surface area contributed by atoms with E-state index in [0.717, 1.165) is 58.4 Å². The van der Waals surface area contributed by atoms with Crippen molar-refractivity contribution in [1.29, 1.82) is 0 Å². The van der Waals surface area contributed by atoms with E-state index in [2.05, 4.69) is 34.5 Å². The second-order valence-corrected chi connectivity index (χ2v) is 8.11. The smallest absolute Gasteiger partial charge is 0.128 e. The zero-order valence-corrected chi connectivity index (χ0v) is 19.2. The number of benzene rings is 2. The van der Waals surface area contributed by atoms with Crippen LogP contribution in [0.5, 0.6) is 11.5 Å². The minimum absolute atomic E-state index is 0.751. The summed E-state index contributed by atoms with van der Waals surface area (Å²) >= 11 is 0. The van der Waals surface area contributed by atoms with Crippen LogP contribution in [-0.2, 0) is 13.6 Å². The first-order valence-electron chi connectivity index (χ1n) is 11.2. The van der Waals surface area contributed by atoms with Gasteiger partial charge in [-0.15, -0.1) is 10.2 Å². The number of hydrogen-bond donors (Lipinski definition) is 0. The van der Waals surface area contributed by atoms with Gasteiger partial charge in [0.2, 0.25) is 0 Å². The van der Waals surface area contributed by atoms with Crippen LogP contribution in [0.3, 0.4) is 0 Å². The molecule has 2 heterocycles. The van der Waals surface area contributed by atoms with Crippen molar-refractivity contribution in [2.24, 2.45) is 7.05 Å². The Bertz CT molecular complexity index is 1190. The van der Waals surface area contributed by atoms with E-state index in [-0.39, 0.29) is 0 Å². The van der Waals surface area contributed by atoms with E-state index in [4.69, 9.17) is 4.74 Å². The molecule has 0 radical (unpaired) electrons. The molecule has 0 fully saturated rings. The summed E-state index contributed by atoms with van der Waals surface area (Å²) in [6.45, 7) is 7.21. The minimum Gasteiger partial charge on any atom is -0.457 e. The average molecular weight is 431 g/mol. The summed E-state index contributed by atoms with van der Waals surface area (Å²) in [5.74, 6) is 1.51. The highest BCUT2D eigenvalue weighted by Crippen LogP contribution is 2.30. The SMILES string of the molecule is CCCCCCn1nnc(-c2cccc(Oc3cccc(-c4nnn(C)c4C)c3)c2)c1C. The van der Waals surface area contributed by atoms with Gasteiger partial charge >= 0.3 is 0 Å². The first-order valence-corrected chi connectivity index (χ1v) is 11.2. The van der Waals surface area contributed by atoms with Gasteiger partial charge in [-0.25, -0.2) is 4.68 Å². The number of aromatic nitrogens is 6. The number of unbranched alkanes of at least 4 members (excludes halogenated alkanes) is 3. The Morgan fingerprint density at radius 2 is 1.41 bits per heavy atom. The maximum atomic E-state index is 6.18. The van der Waals surface area contributed by atoms with Gasteiger partial charge in [0.05, 0.1) is 11.4 Å². The molecule has 0 saturated heterocycles. The number of nitrogens with zero attached hydrogens (tertiary/aromatic N) is 6. The van der Waals surface area contributed by atoms with Gasteiger partial charge in [0.1, 0.15) is 22.9 Å². The molecule has 2 aromatic carbocycles. The van der Waals surface area contributed by atoms with Gasteiger partial charge < -0.3 is 4.74 Å². The van der Waals surface area contributed by atoms with Crippen LogP contribution in [0.1, 0.15) is 44.0 Å². The van der Waals surface area contributed by atoms with Crippen LogP contribution in [0.4, 0.5) is 0 Å². The Hall–Kier alpha value is -3.48. The fraction of sp³-hybridized carbons (Fsp3) is 0.360. The van der Waals surface area contributed by atoms with Crippen molar-refractivity contribution in [3.05, 3.63) is 59.9 Å². The van der Waals surface area contributed by atoms with Crippen molar-refractivity contribution in [2.45, 2.75) is 53.0 Å². The van der Waals surface area contributed by atoms with E-state index >= 15 is 0 Å². The van der Waals surface area contributed by atoms with Crippen molar-refractivity contribution in [3.63, 3.8) is 0 Å². The maximum absolute atomic E-state index is 6.18. The van der Waals surface area contributed by atoms with E-state index in [1.165, 1.54) is 19.3 Å². The molecule has 0 N–H and O–H groups in total. The predicted octanol–water partition coefficient (Wildman–Crippen LogP) is 5.73. The van der Waals surface area contributed by atoms with Crippen molar-refractivity contribution < 1.29 is 4.74 Å². The molecule has 0 bridgehead atoms. The van der Waals surface area contributed by atoms with Crippen molar-refractivity contribution >= 4 is 0 Å². The lowest BCUT2D eigenvalue weighted by Gasteiger charge is -2.09. The molecule has 2 aromatic heterocycles. The zero-order valence-electron chi connectivity index (χ0n) is 19.2. The highest BCUT2D eigenvalue weighted by molar-refractivity contribution is 5.65. The average Bonchev–Trinajstić information content (AvgIpc) is 3.33. The molecule has 166 valence electrons. The minimum atomic E-state index is 0.751. The molecule has 0 saturated carbocycles. The third-order valence-electron chi connectivity index (χ3n) is 5.76. The predicted molar refractivity (Wildman–Crippen MR) is 126 cm³/mol. The second kappa shape index (κ2) is 9.77. The number of rotatable bonds is 9. The Labute approximate surface area is 189 Å². The van der Waals surface area contributed by atoms with E-state index in [9.17, 15) is 0 Å². The molecule has 32 heavy (non-hydrogen) atoms. The molecule has 0 aliphatic heterocycles. The lowest BCUT2D eigenvalue weighted by Crippen LogP contribution is -2.02. The third-order valence-corrected chi connectivity index (χ3v) is 5.76. The van der Waals surface area contributed by atoms with E-state index in [1.807, 2.05) is 67.2 Å². The Kier molecular flexibility index (Phi) is 6.63. The normalized spacial score (nSPS) is 11.1. The summed E-state index contributed by atoms with van der Waals surface area (Å²) in [7, 11) is 1.89. The number of aryl methyl sites for hydroxylation is 2. The first-order chi connectivity index (χ1) is 15.6. The van der Waals surface area contributed by atoms with Gasteiger partial charge in [-0.3, -0.25) is 4.68 Å². The Morgan fingerprint density at radius 3 is 2.00 bits per heavy atom. The molecular formula is C25H30N6O. The topological polar surface area (TPSA) is 70.7 Å². The summed E-state index contributed by atoms with van der Waals surface area (Å²) in [4.78, 5) is 0. The summed E-state index contributed by atoms with van der Waals surface area (Å²) in [5.41, 5.74) is 5.83. The molecule has 7 heteroatoms. The van der Waals surface area contributed by atoms with Crippen LogP contribution in [0, 0.1) is 13.8 Å². The van der Waals surface area contributed by atoms with Gasteiger partial charge in [0.15, 0.2) is 0 Å². The summed E-state index contributed by atoms with van der Waals surface area (Å²) in [6, 6.07) is 15.9. The molecule has 0 amide bonds. The van der Waals surface area contributed by atoms with Crippen LogP contribution in [0.25, 0.3) is 22.5 Å². The molecule has 0 spiro atoms. The lowest BCUT2D eigenvalue weighted by molar-refractivity contribution is 0.483. The molecular weight excluding hydrogens is 400 g/mol. The van der Waals surface area contributed by atoms with Gasteiger partial charge in [-0.1, -0.05) is 60.9 Å². The highest BCUT2D eigenvalue weighted by atomic mass is 16.5. The fourth-order valence-corrected chi connectivity index (χ4v) is 3.75.